The molecule has 114 valence electrons. The number of nitrogens with one attached hydrogen (secondary N) is 1. The van der Waals surface area contributed by atoms with E-state index in [4.69, 9.17) is 10.2 Å². The molecular weight excluding hydrogens is 252 g/mol. The summed E-state index contributed by atoms with van der Waals surface area (Å²) in [5, 5.41) is 19.9. The molecular formula is C16H28N2O2. The third-order valence-electron chi connectivity index (χ3n) is 3.29. The van der Waals surface area contributed by atoms with Crippen molar-refractivity contribution < 1.29 is 10.2 Å². The normalized spacial score (nSPS) is 18.9. The van der Waals surface area contributed by atoms with Gasteiger partial charge in [0.25, 0.3) is 0 Å². The zero-order valence-electron chi connectivity index (χ0n) is 12.2. The molecule has 2 saturated heterocycles. The van der Waals surface area contributed by atoms with Crippen LogP contribution in [-0.2, 0) is 0 Å². The highest BCUT2D eigenvalue weighted by molar-refractivity contribution is 4.99. The molecule has 0 amide bonds. The van der Waals surface area contributed by atoms with Gasteiger partial charge < -0.3 is 20.4 Å². The van der Waals surface area contributed by atoms with E-state index in [1.54, 1.807) is 0 Å². The molecule has 0 aliphatic carbocycles. The van der Waals surface area contributed by atoms with Crippen LogP contribution in [0.4, 0.5) is 0 Å². The van der Waals surface area contributed by atoms with E-state index >= 15 is 0 Å². The van der Waals surface area contributed by atoms with Crippen molar-refractivity contribution in [3.8, 4) is 0 Å². The number of β-amino-alcohol motifs (C(OH)–C–C–N with tert-alkyl or cyclic N) is 2. The van der Waals surface area contributed by atoms with E-state index < -0.39 is 0 Å². The standard InChI is InChI=1S/C7H15NO.C6H6.C3H7NO/c9-7-6-8-4-2-1-3-5-8;1-2-4-6-5-3-1;5-3-1-4-2-3/h9H,1-7H2;1-6H;3-5H,1-2H2. The predicted molar refractivity (Wildman–Crippen MR) is 82.7 cm³/mol. The fourth-order valence-electron chi connectivity index (χ4n) is 1.98. The largest absolute Gasteiger partial charge is 0.395 e. The summed E-state index contributed by atoms with van der Waals surface area (Å²) in [6.07, 6.45) is 3.97. The Kier molecular flexibility index (Phi) is 10.1. The van der Waals surface area contributed by atoms with Gasteiger partial charge in [-0.05, 0) is 25.9 Å². The minimum absolute atomic E-state index is 0.0463. The molecule has 3 N–H and O–H groups in total. The second-order valence-electron chi connectivity index (χ2n) is 5.09. The number of hydrogen-bond acceptors (Lipinski definition) is 4. The number of nitrogens with zero attached hydrogens (tertiary/aromatic N) is 1. The van der Waals surface area contributed by atoms with Crippen molar-refractivity contribution in [3.05, 3.63) is 36.4 Å². The Morgan fingerprint density at radius 2 is 1.35 bits per heavy atom. The molecule has 0 unspecified atom stereocenters. The Balaban J connectivity index is 0.000000158. The maximum Gasteiger partial charge on any atom is 0.0788 e. The molecule has 2 aliphatic rings. The number of rotatable bonds is 2. The van der Waals surface area contributed by atoms with Gasteiger partial charge in [-0.1, -0.05) is 42.8 Å². The van der Waals surface area contributed by atoms with E-state index in [0.29, 0.717) is 6.61 Å². The molecule has 2 fully saturated rings. The van der Waals surface area contributed by atoms with Gasteiger partial charge in [-0.2, -0.15) is 0 Å². The van der Waals surface area contributed by atoms with Gasteiger partial charge in [0, 0.05) is 19.6 Å². The van der Waals surface area contributed by atoms with E-state index in [-0.39, 0.29) is 6.10 Å². The molecule has 4 nitrogen and oxygen atoms in total. The number of aliphatic hydroxyl groups is 2. The number of aliphatic hydroxyl groups excluding tert-OH is 2. The average Bonchev–Trinajstić information content (AvgIpc) is 2.50. The number of likely N-dealkylation sites (tertiary alicyclic amines) is 1. The molecule has 4 heteroatoms. The molecule has 0 radical (unpaired) electrons. The molecule has 2 heterocycles. The van der Waals surface area contributed by atoms with Crippen LogP contribution >= 0.6 is 0 Å². The molecule has 1 aromatic carbocycles. The van der Waals surface area contributed by atoms with Crippen LogP contribution in [0, 0.1) is 0 Å². The highest BCUT2D eigenvalue weighted by Crippen LogP contribution is 2.06. The smallest absolute Gasteiger partial charge is 0.0788 e. The monoisotopic (exact) mass is 280 g/mol. The maximum atomic E-state index is 8.58. The van der Waals surface area contributed by atoms with Crippen LogP contribution in [0.2, 0.25) is 0 Å². The summed E-state index contributed by atoms with van der Waals surface area (Å²) < 4.78 is 0. The van der Waals surface area contributed by atoms with E-state index in [0.717, 1.165) is 19.6 Å². The summed E-state index contributed by atoms with van der Waals surface area (Å²) in [4.78, 5) is 2.32. The van der Waals surface area contributed by atoms with Gasteiger partial charge in [0.2, 0.25) is 0 Å². The molecule has 0 atom stereocenters. The van der Waals surface area contributed by atoms with Crippen LogP contribution in [-0.4, -0.2) is 60.5 Å². The van der Waals surface area contributed by atoms with Crippen molar-refractivity contribution in [3.63, 3.8) is 0 Å². The van der Waals surface area contributed by atoms with Crippen LogP contribution < -0.4 is 5.32 Å². The van der Waals surface area contributed by atoms with Crippen LogP contribution in [0.1, 0.15) is 19.3 Å². The van der Waals surface area contributed by atoms with Gasteiger partial charge in [-0.25, -0.2) is 0 Å². The van der Waals surface area contributed by atoms with E-state index in [1.807, 2.05) is 36.4 Å². The van der Waals surface area contributed by atoms with Crippen molar-refractivity contribution in [2.75, 3.05) is 39.3 Å². The predicted octanol–water partition coefficient (Wildman–Crippen LogP) is 1.10. The average molecular weight is 280 g/mol. The van der Waals surface area contributed by atoms with E-state index in [2.05, 4.69) is 10.2 Å². The summed E-state index contributed by atoms with van der Waals surface area (Å²) >= 11 is 0. The van der Waals surface area contributed by atoms with Gasteiger partial charge >= 0.3 is 0 Å². The van der Waals surface area contributed by atoms with Gasteiger partial charge in [0.05, 0.1) is 12.7 Å². The molecule has 0 bridgehead atoms. The second-order valence-corrected chi connectivity index (χ2v) is 5.09. The zero-order chi connectivity index (χ0) is 14.5. The van der Waals surface area contributed by atoms with Gasteiger partial charge in [0.1, 0.15) is 0 Å². The summed E-state index contributed by atoms with van der Waals surface area (Å²) in [7, 11) is 0. The third kappa shape index (κ3) is 9.04. The third-order valence-corrected chi connectivity index (χ3v) is 3.29. The Morgan fingerprint density at radius 1 is 0.900 bits per heavy atom. The first-order valence-electron chi connectivity index (χ1n) is 7.55. The SMILES string of the molecule is OC1CNC1.OCCN1CCCCC1.c1ccccc1. The minimum Gasteiger partial charge on any atom is -0.395 e. The lowest BCUT2D eigenvalue weighted by Crippen LogP contribution is -2.46. The Hall–Kier alpha value is -0.940. The van der Waals surface area contributed by atoms with Crippen LogP contribution in [0.5, 0.6) is 0 Å². The van der Waals surface area contributed by atoms with Crippen molar-refractivity contribution in [1.29, 1.82) is 0 Å². The van der Waals surface area contributed by atoms with Crippen LogP contribution in [0.25, 0.3) is 0 Å². The summed E-state index contributed by atoms with van der Waals surface area (Å²) in [6.45, 7) is 5.17. The van der Waals surface area contributed by atoms with Gasteiger partial charge in [-0.15, -0.1) is 0 Å². The molecule has 2 aliphatic heterocycles. The Labute approximate surface area is 122 Å². The van der Waals surface area contributed by atoms with Gasteiger partial charge in [-0.3, -0.25) is 0 Å². The van der Waals surface area contributed by atoms with Crippen molar-refractivity contribution in [1.82, 2.24) is 10.2 Å². The lowest BCUT2D eigenvalue weighted by atomic mass is 10.1. The number of hydrogen-bond donors (Lipinski definition) is 3. The van der Waals surface area contributed by atoms with Gasteiger partial charge in [0.15, 0.2) is 0 Å². The fraction of sp³-hybridized carbons (Fsp3) is 0.625. The Bertz CT molecular complexity index is 269. The highest BCUT2D eigenvalue weighted by atomic mass is 16.3. The van der Waals surface area contributed by atoms with Crippen molar-refractivity contribution >= 4 is 0 Å². The maximum absolute atomic E-state index is 8.58. The zero-order valence-corrected chi connectivity index (χ0v) is 12.2. The molecule has 0 saturated carbocycles. The highest BCUT2D eigenvalue weighted by Gasteiger charge is 2.10. The molecule has 3 rings (SSSR count). The number of benzene rings is 1. The molecule has 20 heavy (non-hydrogen) atoms. The summed E-state index contributed by atoms with van der Waals surface area (Å²) in [5.74, 6) is 0. The molecule has 0 aromatic heterocycles. The first-order valence-corrected chi connectivity index (χ1v) is 7.55. The van der Waals surface area contributed by atoms with Crippen molar-refractivity contribution in [2.24, 2.45) is 0 Å². The summed E-state index contributed by atoms with van der Waals surface area (Å²) in [5.41, 5.74) is 0. The number of piperidine rings is 1. The minimum atomic E-state index is -0.0463. The van der Waals surface area contributed by atoms with Crippen LogP contribution in [0.3, 0.4) is 0 Å². The second kappa shape index (κ2) is 11.9. The van der Waals surface area contributed by atoms with E-state index in [9.17, 15) is 0 Å². The summed E-state index contributed by atoms with van der Waals surface area (Å²) in [6, 6.07) is 12.0. The van der Waals surface area contributed by atoms with Crippen molar-refractivity contribution in [2.45, 2.75) is 25.4 Å². The first kappa shape index (κ1) is 17.1. The van der Waals surface area contributed by atoms with Crippen LogP contribution in [0.15, 0.2) is 36.4 Å². The fourth-order valence-corrected chi connectivity index (χ4v) is 1.98. The quantitative estimate of drug-likeness (QED) is 0.759. The lowest BCUT2D eigenvalue weighted by molar-refractivity contribution is 0.117. The molecule has 1 aromatic rings. The topological polar surface area (TPSA) is 55.7 Å². The van der Waals surface area contributed by atoms with E-state index in [1.165, 1.54) is 32.4 Å². The molecule has 0 spiro atoms. The lowest BCUT2D eigenvalue weighted by Gasteiger charge is -2.25. The first-order chi connectivity index (χ1) is 9.83. The Morgan fingerprint density at radius 3 is 1.65 bits per heavy atom.